The fourth-order valence-electron chi connectivity index (χ4n) is 5.44. The Balaban J connectivity index is 2.02. The predicted molar refractivity (Wildman–Crippen MR) is 144 cm³/mol. The molecular weight excluding hydrogens is 583 g/mol. The van der Waals surface area contributed by atoms with Crippen LogP contribution in [0.4, 0.5) is 30.7 Å². The van der Waals surface area contributed by atoms with Gasteiger partial charge in [0, 0.05) is 46.1 Å². The number of likely N-dealkylation sites (tertiary alicyclic amines) is 1. The number of carbonyl (C=O) groups is 3. The van der Waals surface area contributed by atoms with E-state index in [0.29, 0.717) is 23.3 Å². The Hall–Kier alpha value is -3.64. The standard InChI is InChI=1S/C30H34F7N3O3/c1-17-11-22(31)7-8-23(17)24-15-40(26(42)16-38(5)18(2)41)10-9-25(24)39(6)27(43)28(3,4)19-12-20(29(32,33)34)14-21(13-19)30(35,36)37/h7-8,11-14,24-25H,9-10,15-16H2,1-6H3/t24-,25+/m1/s1. The number of benzene rings is 2. The molecule has 0 radical (unpaired) electrons. The Morgan fingerprint density at radius 1 is 0.907 bits per heavy atom. The largest absolute Gasteiger partial charge is 0.416 e. The van der Waals surface area contributed by atoms with Gasteiger partial charge in [0.15, 0.2) is 0 Å². The van der Waals surface area contributed by atoms with Crippen molar-refractivity contribution in [2.24, 2.45) is 0 Å². The van der Waals surface area contributed by atoms with Crippen LogP contribution in [0.5, 0.6) is 0 Å². The van der Waals surface area contributed by atoms with Crippen LogP contribution in [0, 0.1) is 12.7 Å². The van der Waals surface area contributed by atoms with Crippen LogP contribution in [0.2, 0.25) is 0 Å². The number of alkyl halides is 6. The third kappa shape index (κ3) is 7.48. The zero-order valence-corrected chi connectivity index (χ0v) is 24.7. The van der Waals surface area contributed by atoms with Crippen LogP contribution in [0.15, 0.2) is 36.4 Å². The first-order valence-electron chi connectivity index (χ1n) is 13.5. The van der Waals surface area contributed by atoms with Gasteiger partial charge in [0.05, 0.1) is 23.1 Å². The number of halogens is 7. The highest BCUT2D eigenvalue weighted by molar-refractivity contribution is 5.88. The minimum absolute atomic E-state index is 0.0113. The molecule has 1 fully saturated rings. The minimum Gasteiger partial charge on any atom is -0.341 e. The van der Waals surface area contributed by atoms with Crippen molar-refractivity contribution in [1.82, 2.24) is 14.7 Å². The van der Waals surface area contributed by atoms with Crippen molar-refractivity contribution in [3.63, 3.8) is 0 Å². The first kappa shape index (κ1) is 33.9. The number of amides is 3. The molecule has 2 aromatic rings. The van der Waals surface area contributed by atoms with Crippen LogP contribution >= 0.6 is 0 Å². The second kappa shape index (κ2) is 12.2. The smallest absolute Gasteiger partial charge is 0.341 e. The van der Waals surface area contributed by atoms with Crippen LogP contribution in [0.3, 0.4) is 0 Å². The summed E-state index contributed by atoms with van der Waals surface area (Å²) < 4.78 is 95.3. The topological polar surface area (TPSA) is 60.9 Å². The number of hydrogen-bond donors (Lipinski definition) is 0. The normalized spacial score (nSPS) is 17.9. The summed E-state index contributed by atoms with van der Waals surface area (Å²) in [4.78, 5) is 42.7. The van der Waals surface area contributed by atoms with Gasteiger partial charge in [0.25, 0.3) is 0 Å². The second-order valence-corrected chi connectivity index (χ2v) is 11.5. The van der Waals surface area contributed by atoms with Gasteiger partial charge in [-0.2, -0.15) is 26.3 Å². The van der Waals surface area contributed by atoms with Crippen LogP contribution < -0.4 is 0 Å². The Bertz CT molecular complexity index is 1360. The van der Waals surface area contributed by atoms with Gasteiger partial charge < -0.3 is 14.7 Å². The molecule has 13 heteroatoms. The molecule has 1 aliphatic rings. The maximum atomic E-state index is 14.0. The number of likely N-dealkylation sites (N-methyl/N-ethyl adjacent to an activating group) is 2. The summed E-state index contributed by atoms with van der Waals surface area (Å²) in [6.45, 7) is 5.56. The Labute approximate surface area is 245 Å². The van der Waals surface area contributed by atoms with Gasteiger partial charge in [-0.3, -0.25) is 14.4 Å². The molecule has 0 aromatic heterocycles. The zero-order valence-electron chi connectivity index (χ0n) is 24.7. The molecule has 2 atom stereocenters. The van der Waals surface area contributed by atoms with E-state index in [0.717, 1.165) is 0 Å². The van der Waals surface area contributed by atoms with Crippen molar-refractivity contribution < 1.29 is 45.1 Å². The van der Waals surface area contributed by atoms with Gasteiger partial charge in [-0.15, -0.1) is 0 Å². The molecule has 0 saturated carbocycles. The van der Waals surface area contributed by atoms with Crippen molar-refractivity contribution in [2.45, 2.75) is 63.8 Å². The predicted octanol–water partition coefficient (Wildman–Crippen LogP) is 5.77. The molecule has 3 amide bonds. The van der Waals surface area contributed by atoms with E-state index in [1.165, 1.54) is 67.8 Å². The van der Waals surface area contributed by atoms with Crippen molar-refractivity contribution in [3.8, 4) is 0 Å². The molecule has 1 heterocycles. The lowest BCUT2D eigenvalue weighted by atomic mass is 9.78. The van der Waals surface area contributed by atoms with E-state index >= 15 is 0 Å². The van der Waals surface area contributed by atoms with Gasteiger partial charge in [-0.25, -0.2) is 4.39 Å². The van der Waals surface area contributed by atoms with E-state index in [4.69, 9.17) is 0 Å². The number of nitrogens with zero attached hydrogens (tertiary/aromatic N) is 3. The van der Waals surface area contributed by atoms with Crippen molar-refractivity contribution in [3.05, 3.63) is 70.0 Å². The molecule has 0 bridgehead atoms. The number of piperidine rings is 1. The molecule has 0 aliphatic carbocycles. The average molecular weight is 618 g/mol. The lowest BCUT2D eigenvalue weighted by Crippen LogP contribution is -2.55. The average Bonchev–Trinajstić information content (AvgIpc) is 2.90. The Kier molecular flexibility index (Phi) is 9.57. The molecular formula is C30H34F7N3O3. The summed E-state index contributed by atoms with van der Waals surface area (Å²) in [5, 5.41) is 0. The van der Waals surface area contributed by atoms with E-state index < -0.39 is 58.1 Å². The quantitative estimate of drug-likeness (QED) is 0.387. The number of hydrogen-bond acceptors (Lipinski definition) is 3. The fourth-order valence-corrected chi connectivity index (χ4v) is 5.44. The monoisotopic (exact) mass is 617 g/mol. The number of carbonyl (C=O) groups excluding carboxylic acids is 3. The molecule has 0 spiro atoms. The molecule has 2 aromatic carbocycles. The molecule has 6 nitrogen and oxygen atoms in total. The molecule has 0 N–H and O–H groups in total. The summed E-state index contributed by atoms with van der Waals surface area (Å²) in [7, 11) is 2.89. The molecule has 3 rings (SSSR count). The summed E-state index contributed by atoms with van der Waals surface area (Å²) in [6.07, 6.45) is -9.95. The second-order valence-electron chi connectivity index (χ2n) is 11.5. The van der Waals surface area contributed by atoms with E-state index in [-0.39, 0.29) is 43.9 Å². The van der Waals surface area contributed by atoms with Crippen LogP contribution in [-0.2, 0) is 32.2 Å². The highest BCUT2D eigenvalue weighted by Crippen LogP contribution is 2.41. The number of aryl methyl sites for hydroxylation is 1. The number of rotatable bonds is 6. The van der Waals surface area contributed by atoms with Crippen LogP contribution in [0.1, 0.15) is 60.9 Å². The van der Waals surface area contributed by atoms with E-state index in [1.807, 2.05) is 0 Å². The lowest BCUT2D eigenvalue weighted by molar-refractivity contribution is -0.145. The minimum atomic E-state index is -5.08. The SMILES string of the molecule is CC(=O)N(C)CC(=O)N1CC[C@H](N(C)C(=O)C(C)(C)c2cc(C(F)(F)F)cc(C(F)(F)F)c2)[C@@H](c2ccc(F)cc2C)C1. The molecule has 1 aliphatic heterocycles. The summed E-state index contributed by atoms with van der Waals surface area (Å²) >= 11 is 0. The van der Waals surface area contributed by atoms with E-state index in [1.54, 1.807) is 6.92 Å². The van der Waals surface area contributed by atoms with Crippen LogP contribution in [-0.4, -0.2) is 72.2 Å². The van der Waals surface area contributed by atoms with Gasteiger partial charge in [-0.05, 0) is 74.2 Å². The van der Waals surface area contributed by atoms with E-state index in [9.17, 15) is 45.1 Å². The zero-order chi connectivity index (χ0) is 32.7. The summed E-state index contributed by atoms with van der Waals surface area (Å²) in [6, 6.07) is 4.53. The van der Waals surface area contributed by atoms with Crippen molar-refractivity contribution >= 4 is 17.7 Å². The first-order valence-corrected chi connectivity index (χ1v) is 13.5. The van der Waals surface area contributed by atoms with Gasteiger partial charge >= 0.3 is 12.4 Å². The van der Waals surface area contributed by atoms with Crippen molar-refractivity contribution in [1.29, 1.82) is 0 Å². The van der Waals surface area contributed by atoms with Gasteiger partial charge in [0.1, 0.15) is 5.82 Å². The Morgan fingerprint density at radius 2 is 1.44 bits per heavy atom. The van der Waals surface area contributed by atoms with Crippen LogP contribution in [0.25, 0.3) is 0 Å². The lowest BCUT2D eigenvalue weighted by Gasteiger charge is -2.45. The fraction of sp³-hybridized carbons (Fsp3) is 0.500. The maximum Gasteiger partial charge on any atom is 0.416 e. The molecule has 43 heavy (non-hydrogen) atoms. The molecule has 236 valence electrons. The highest BCUT2D eigenvalue weighted by atomic mass is 19.4. The highest BCUT2D eigenvalue weighted by Gasteiger charge is 2.44. The van der Waals surface area contributed by atoms with E-state index in [2.05, 4.69) is 0 Å². The first-order chi connectivity index (χ1) is 19.6. The third-order valence-electron chi connectivity index (χ3n) is 8.13. The summed E-state index contributed by atoms with van der Waals surface area (Å²) in [5.74, 6) is -2.46. The summed E-state index contributed by atoms with van der Waals surface area (Å²) in [5.41, 5.74) is -4.15. The maximum absolute atomic E-state index is 14.0. The van der Waals surface area contributed by atoms with Gasteiger partial charge in [0.2, 0.25) is 17.7 Å². The third-order valence-corrected chi connectivity index (χ3v) is 8.13. The van der Waals surface area contributed by atoms with Gasteiger partial charge in [-0.1, -0.05) is 6.07 Å². The van der Waals surface area contributed by atoms with Crippen molar-refractivity contribution in [2.75, 3.05) is 33.7 Å². The molecule has 0 unspecified atom stereocenters. The Morgan fingerprint density at radius 3 is 1.93 bits per heavy atom. The molecule has 1 saturated heterocycles.